The van der Waals surface area contributed by atoms with Gasteiger partial charge in [0.25, 0.3) is 0 Å². The zero-order chi connectivity index (χ0) is 13.9. The van der Waals surface area contributed by atoms with Gasteiger partial charge in [0.2, 0.25) is 0 Å². The first kappa shape index (κ1) is 13.6. The molecule has 0 N–H and O–H groups in total. The average molecular weight is 287 g/mol. The lowest BCUT2D eigenvalue weighted by Gasteiger charge is -2.35. The summed E-state index contributed by atoms with van der Waals surface area (Å²) in [5.74, 6) is 1.11. The van der Waals surface area contributed by atoms with E-state index in [4.69, 9.17) is 0 Å². The first-order chi connectivity index (χ1) is 9.74. The van der Waals surface area contributed by atoms with Crippen LogP contribution in [0.2, 0.25) is 0 Å². The zero-order valence-corrected chi connectivity index (χ0v) is 13.0. The van der Waals surface area contributed by atoms with E-state index in [9.17, 15) is 0 Å². The van der Waals surface area contributed by atoms with E-state index in [1.165, 1.54) is 16.0 Å². The van der Waals surface area contributed by atoms with E-state index in [-0.39, 0.29) is 0 Å². The molecule has 106 valence electrons. The van der Waals surface area contributed by atoms with E-state index in [1.54, 1.807) is 0 Å². The van der Waals surface area contributed by atoms with Crippen molar-refractivity contribution in [1.29, 1.82) is 0 Å². The third-order valence-corrected chi connectivity index (χ3v) is 5.19. The van der Waals surface area contributed by atoms with Gasteiger partial charge in [-0.2, -0.15) is 0 Å². The van der Waals surface area contributed by atoms with Gasteiger partial charge in [0.15, 0.2) is 0 Å². The number of piperazine rings is 1. The lowest BCUT2D eigenvalue weighted by molar-refractivity contribution is 0.249. The Morgan fingerprint density at radius 2 is 1.95 bits per heavy atom. The molecule has 0 radical (unpaired) electrons. The van der Waals surface area contributed by atoms with E-state index in [0.717, 1.165) is 38.5 Å². The summed E-state index contributed by atoms with van der Waals surface area (Å²) in [7, 11) is 0. The fraction of sp³-hybridized carbons (Fsp3) is 0.438. The maximum Gasteiger partial charge on any atom is 0.128 e. The molecule has 0 unspecified atom stereocenters. The van der Waals surface area contributed by atoms with Crippen LogP contribution in [0.25, 0.3) is 0 Å². The Morgan fingerprint density at radius 3 is 2.55 bits per heavy atom. The van der Waals surface area contributed by atoms with Crippen molar-refractivity contribution >= 4 is 17.2 Å². The molecule has 1 fully saturated rings. The minimum absolute atomic E-state index is 1.07. The number of anilines is 1. The van der Waals surface area contributed by atoms with Crippen LogP contribution in [0, 0.1) is 13.8 Å². The van der Waals surface area contributed by atoms with Crippen LogP contribution >= 0.6 is 11.3 Å². The molecule has 20 heavy (non-hydrogen) atoms. The van der Waals surface area contributed by atoms with E-state index < -0.39 is 0 Å². The summed E-state index contributed by atoms with van der Waals surface area (Å²) in [6, 6.07) is 6.13. The van der Waals surface area contributed by atoms with Crippen molar-refractivity contribution in [3.8, 4) is 0 Å². The van der Waals surface area contributed by atoms with Crippen molar-refractivity contribution in [1.82, 2.24) is 9.88 Å². The lowest BCUT2D eigenvalue weighted by Crippen LogP contribution is -2.46. The summed E-state index contributed by atoms with van der Waals surface area (Å²) < 4.78 is 0. The molecule has 0 aliphatic carbocycles. The third-order valence-electron chi connectivity index (χ3n) is 4.13. The topological polar surface area (TPSA) is 19.4 Å². The SMILES string of the molecule is Cc1scc(CN2CCN(c3ccccn3)CC2)c1C. The Hall–Kier alpha value is -1.39. The van der Waals surface area contributed by atoms with Gasteiger partial charge in [-0.05, 0) is 42.5 Å². The highest BCUT2D eigenvalue weighted by Gasteiger charge is 2.18. The Labute approximate surface area is 124 Å². The van der Waals surface area contributed by atoms with Gasteiger partial charge in [-0.1, -0.05) is 6.07 Å². The van der Waals surface area contributed by atoms with E-state index in [0.29, 0.717) is 0 Å². The number of pyridine rings is 1. The number of hydrogen-bond donors (Lipinski definition) is 0. The molecule has 0 aromatic carbocycles. The fourth-order valence-electron chi connectivity index (χ4n) is 2.64. The van der Waals surface area contributed by atoms with Crippen LogP contribution in [0.4, 0.5) is 5.82 Å². The van der Waals surface area contributed by atoms with Crippen molar-refractivity contribution in [3.05, 3.63) is 45.8 Å². The maximum atomic E-state index is 4.44. The zero-order valence-electron chi connectivity index (χ0n) is 12.2. The fourth-order valence-corrected chi connectivity index (χ4v) is 3.51. The largest absolute Gasteiger partial charge is 0.354 e. The van der Waals surface area contributed by atoms with Crippen molar-refractivity contribution < 1.29 is 0 Å². The summed E-state index contributed by atoms with van der Waals surface area (Å²) in [6.45, 7) is 9.91. The maximum absolute atomic E-state index is 4.44. The molecule has 1 aliphatic heterocycles. The molecule has 1 aliphatic rings. The first-order valence-corrected chi connectivity index (χ1v) is 8.04. The number of rotatable bonds is 3. The number of hydrogen-bond acceptors (Lipinski definition) is 4. The summed E-state index contributed by atoms with van der Waals surface area (Å²) in [5.41, 5.74) is 2.97. The summed E-state index contributed by atoms with van der Waals surface area (Å²) >= 11 is 1.87. The third kappa shape index (κ3) is 2.86. The second kappa shape index (κ2) is 5.94. The molecular weight excluding hydrogens is 266 g/mol. The monoisotopic (exact) mass is 287 g/mol. The molecule has 4 heteroatoms. The smallest absolute Gasteiger partial charge is 0.128 e. The van der Waals surface area contributed by atoms with Crippen LogP contribution in [0.3, 0.4) is 0 Å². The van der Waals surface area contributed by atoms with Crippen LogP contribution in [0.15, 0.2) is 29.8 Å². The molecular formula is C16H21N3S. The quantitative estimate of drug-likeness (QED) is 0.865. The Bertz CT molecular complexity index is 556. The number of aryl methyl sites for hydroxylation is 1. The lowest BCUT2D eigenvalue weighted by atomic mass is 10.1. The second-order valence-electron chi connectivity index (χ2n) is 5.39. The predicted molar refractivity (Wildman–Crippen MR) is 85.5 cm³/mol. The van der Waals surface area contributed by atoms with Gasteiger partial charge in [0.05, 0.1) is 0 Å². The summed E-state index contributed by atoms with van der Waals surface area (Å²) in [4.78, 5) is 10.8. The molecule has 0 bridgehead atoms. The van der Waals surface area contributed by atoms with Gasteiger partial charge in [-0.15, -0.1) is 11.3 Å². The van der Waals surface area contributed by atoms with Crippen LogP contribution in [-0.4, -0.2) is 36.1 Å². The van der Waals surface area contributed by atoms with Gasteiger partial charge in [-0.3, -0.25) is 4.90 Å². The average Bonchev–Trinajstić information content (AvgIpc) is 2.81. The number of aromatic nitrogens is 1. The van der Waals surface area contributed by atoms with E-state index in [1.807, 2.05) is 23.6 Å². The Morgan fingerprint density at radius 1 is 1.15 bits per heavy atom. The van der Waals surface area contributed by atoms with Crippen molar-refractivity contribution in [2.45, 2.75) is 20.4 Å². The number of nitrogens with zero attached hydrogens (tertiary/aromatic N) is 3. The summed E-state index contributed by atoms with van der Waals surface area (Å²) in [6.07, 6.45) is 1.87. The molecule has 0 spiro atoms. The Balaban J connectivity index is 1.58. The highest BCUT2D eigenvalue weighted by Crippen LogP contribution is 2.22. The van der Waals surface area contributed by atoms with Crippen molar-refractivity contribution in [3.63, 3.8) is 0 Å². The van der Waals surface area contributed by atoms with Gasteiger partial charge in [-0.25, -0.2) is 4.98 Å². The minimum atomic E-state index is 1.07. The van der Waals surface area contributed by atoms with Crippen LogP contribution in [0.5, 0.6) is 0 Å². The van der Waals surface area contributed by atoms with Gasteiger partial charge < -0.3 is 4.90 Å². The van der Waals surface area contributed by atoms with Crippen LogP contribution < -0.4 is 4.90 Å². The molecule has 3 nitrogen and oxygen atoms in total. The van der Waals surface area contributed by atoms with Gasteiger partial charge >= 0.3 is 0 Å². The molecule has 0 atom stereocenters. The van der Waals surface area contributed by atoms with E-state index in [2.05, 4.69) is 46.1 Å². The van der Waals surface area contributed by atoms with Gasteiger partial charge in [0, 0.05) is 43.8 Å². The number of thiophene rings is 1. The van der Waals surface area contributed by atoms with Crippen molar-refractivity contribution in [2.24, 2.45) is 0 Å². The van der Waals surface area contributed by atoms with Gasteiger partial charge in [0.1, 0.15) is 5.82 Å². The normalized spacial score (nSPS) is 16.6. The summed E-state index contributed by atoms with van der Waals surface area (Å²) in [5, 5.41) is 2.32. The second-order valence-corrected chi connectivity index (χ2v) is 6.48. The molecule has 2 aromatic rings. The van der Waals surface area contributed by atoms with E-state index >= 15 is 0 Å². The van der Waals surface area contributed by atoms with Crippen LogP contribution in [-0.2, 0) is 6.54 Å². The predicted octanol–water partition coefficient (Wildman–Crippen LogP) is 3.08. The Kier molecular flexibility index (Phi) is 4.03. The molecule has 3 heterocycles. The molecule has 0 saturated carbocycles. The van der Waals surface area contributed by atoms with Crippen LogP contribution in [0.1, 0.15) is 16.0 Å². The molecule has 2 aromatic heterocycles. The minimum Gasteiger partial charge on any atom is -0.354 e. The first-order valence-electron chi connectivity index (χ1n) is 7.16. The highest BCUT2D eigenvalue weighted by molar-refractivity contribution is 7.10. The van der Waals surface area contributed by atoms with Crippen molar-refractivity contribution in [2.75, 3.05) is 31.1 Å². The molecule has 3 rings (SSSR count). The standard InChI is InChI=1S/C16H21N3S/c1-13-14(2)20-12-15(13)11-18-7-9-19(10-8-18)16-5-3-4-6-17-16/h3-6,12H,7-11H2,1-2H3. The highest BCUT2D eigenvalue weighted by atomic mass is 32.1. The molecule has 0 amide bonds. The molecule has 1 saturated heterocycles.